The molecule has 0 aliphatic heterocycles. The van der Waals surface area contributed by atoms with Crippen LogP contribution in [0.3, 0.4) is 0 Å². The number of rotatable bonds is 4. The van der Waals surface area contributed by atoms with E-state index in [2.05, 4.69) is 15.3 Å². The Balaban J connectivity index is 1.26. The summed E-state index contributed by atoms with van der Waals surface area (Å²) in [6.07, 6.45) is 6.26. The van der Waals surface area contributed by atoms with E-state index in [0.29, 0.717) is 6.42 Å². The Labute approximate surface area is 196 Å². The zero-order chi connectivity index (χ0) is 23.1. The number of carbonyl (C=O) groups excluding carboxylic acids is 1. The molecule has 1 aliphatic rings. The molecule has 6 nitrogen and oxygen atoms in total. The number of ether oxygens (including phenoxy) is 1. The molecule has 164 valence electrons. The molecule has 0 N–H and O–H groups in total. The van der Waals surface area contributed by atoms with Crippen LogP contribution < -0.4 is 4.74 Å². The number of allylic oxidation sites excluding steroid dienone is 1. The number of nitrogens with zero attached hydrogens (tertiary/aromatic N) is 4. The van der Waals surface area contributed by atoms with Crippen LogP contribution in [0.4, 0.5) is 0 Å². The topological polar surface area (TPSA) is 69.9 Å². The van der Waals surface area contributed by atoms with Crippen molar-refractivity contribution in [2.45, 2.75) is 6.42 Å². The van der Waals surface area contributed by atoms with Crippen molar-refractivity contribution in [1.29, 1.82) is 0 Å². The lowest BCUT2D eigenvalue weighted by Crippen LogP contribution is -1.96. The summed E-state index contributed by atoms with van der Waals surface area (Å²) in [6.45, 7) is 0. The summed E-state index contributed by atoms with van der Waals surface area (Å²) in [5.41, 5.74) is 7.09. The van der Waals surface area contributed by atoms with E-state index in [9.17, 15) is 4.79 Å². The van der Waals surface area contributed by atoms with Gasteiger partial charge >= 0.3 is 0 Å². The van der Waals surface area contributed by atoms with Gasteiger partial charge in [0, 0.05) is 34.7 Å². The number of methoxy groups -OCH3 is 1. The van der Waals surface area contributed by atoms with Crippen LogP contribution in [0.5, 0.6) is 5.75 Å². The molecule has 0 atom stereocenters. The Kier molecular flexibility index (Phi) is 4.77. The maximum atomic E-state index is 12.8. The Morgan fingerprint density at radius 1 is 1.00 bits per heavy atom. The predicted octanol–water partition coefficient (Wildman–Crippen LogP) is 5.31. The minimum Gasteiger partial charge on any atom is -0.497 e. The molecule has 2 heterocycles. The van der Waals surface area contributed by atoms with Crippen LogP contribution in [0.15, 0.2) is 90.8 Å². The minimum absolute atomic E-state index is 0.0780. The van der Waals surface area contributed by atoms with Crippen molar-refractivity contribution in [2.75, 3.05) is 7.11 Å². The zero-order valence-corrected chi connectivity index (χ0v) is 18.5. The molecular formula is C28H20N4O2. The second kappa shape index (κ2) is 8.08. The first kappa shape index (κ1) is 20.1. The quantitative estimate of drug-likeness (QED) is 0.351. The van der Waals surface area contributed by atoms with Crippen LogP contribution in [0.1, 0.15) is 21.5 Å². The van der Waals surface area contributed by atoms with Gasteiger partial charge < -0.3 is 4.74 Å². The molecule has 6 heteroatoms. The molecule has 0 radical (unpaired) electrons. The number of Topliss-reactive ketones (excluding diaryl/α,β-unsaturated/α-hetero) is 1. The van der Waals surface area contributed by atoms with Gasteiger partial charge in [-0.05, 0) is 47.5 Å². The highest BCUT2D eigenvalue weighted by molar-refractivity contribution is 6.15. The minimum atomic E-state index is 0.0780. The molecule has 1 aliphatic carbocycles. The molecule has 0 spiro atoms. The zero-order valence-electron chi connectivity index (χ0n) is 18.5. The van der Waals surface area contributed by atoms with Crippen LogP contribution in [0, 0.1) is 0 Å². The average Bonchev–Trinajstić information content (AvgIpc) is 3.49. The van der Waals surface area contributed by atoms with E-state index in [-0.39, 0.29) is 5.78 Å². The van der Waals surface area contributed by atoms with Gasteiger partial charge in [-0.15, -0.1) is 5.10 Å². The summed E-state index contributed by atoms with van der Waals surface area (Å²) in [6, 6.07) is 23.5. The fourth-order valence-electron chi connectivity index (χ4n) is 4.39. The highest BCUT2D eigenvalue weighted by atomic mass is 16.5. The Hall–Kier alpha value is -4.58. The molecule has 0 amide bonds. The number of hydrogen-bond acceptors (Lipinski definition) is 5. The van der Waals surface area contributed by atoms with Crippen molar-refractivity contribution in [3.8, 4) is 22.7 Å². The SMILES string of the molecule is COc1ccc2c(c1)C/C(=C\c1ccc(-c3cn(-c4ccnc5ccccc45)nn3)cc1)C2=O. The van der Waals surface area contributed by atoms with E-state index in [4.69, 9.17) is 4.74 Å². The maximum Gasteiger partial charge on any atom is 0.189 e. The van der Waals surface area contributed by atoms with Gasteiger partial charge in [-0.25, -0.2) is 4.68 Å². The number of benzene rings is 3. The van der Waals surface area contributed by atoms with E-state index in [1.165, 1.54) is 0 Å². The predicted molar refractivity (Wildman–Crippen MR) is 131 cm³/mol. The molecule has 0 saturated heterocycles. The van der Waals surface area contributed by atoms with Gasteiger partial charge in [-0.1, -0.05) is 47.7 Å². The van der Waals surface area contributed by atoms with Gasteiger partial charge in [0.2, 0.25) is 0 Å². The summed E-state index contributed by atoms with van der Waals surface area (Å²) in [5.74, 6) is 0.846. The summed E-state index contributed by atoms with van der Waals surface area (Å²) in [5, 5.41) is 9.72. The molecule has 5 aromatic rings. The number of pyridine rings is 1. The number of carbonyl (C=O) groups is 1. The highest BCUT2D eigenvalue weighted by Crippen LogP contribution is 2.31. The van der Waals surface area contributed by atoms with E-state index >= 15 is 0 Å². The van der Waals surface area contributed by atoms with Crippen LogP contribution in [-0.2, 0) is 6.42 Å². The lowest BCUT2D eigenvalue weighted by atomic mass is 10.1. The fraction of sp³-hybridized carbons (Fsp3) is 0.0714. The van der Waals surface area contributed by atoms with E-state index < -0.39 is 0 Å². The molecule has 0 fully saturated rings. The van der Waals surface area contributed by atoms with Crippen LogP contribution in [-0.4, -0.2) is 32.9 Å². The molecule has 34 heavy (non-hydrogen) atoms. The Bertz CT molecular complexity index is 1580. The molecule has 3 aromatic carbocycles. The van der Waals surface area contributed by atoms with Crippen molar-refractivity contribution < 1.29 is 9.53 Å². The average molecular weight is 444 g/mol. The van der Waals surface area contributed by atoms with Crippen molar-refractivity contribution in [3.63, 3.8) is 0 Å². The molecule has 0 unspecified atom stereocenters. The lowest BCUT2D eigenvalue weighted by Gasteiger charge is -2.04. The number of para-hydroxylation sites is 1. The summed E-state index contributed by atoms with van der Waals surface area (Å²) in [4.78, 5) is 17.2. The maximum absolute atomic E-state index is 12.8. The van der Waals surface area contributed by atoms with Crippen molar-refractivity contribution in [2.24, 2.45) is 0 Å². The summed E-state index contributed by atoms with van der Waals surface area (Å²) in [7, 11) is 1.63. The van der Waals surface area contributed by atoms with E-state index in [0.717, 1.165) is 55.9 Å². The van der Waals surface area contributed by atoms with Gasteiger partial charge in [0.25, 0.3) is 0 Å². The van der Waals surface area contributed by atoms with Gasteiger partial charge in [0.05, 0.1) is 24.5 Å². The smallest absolute Gasteiger partial charge is 0.189 e. The monoisotopic (exact) mass is 444 g/mol. The molecule has 0 bridgehead atoms. The molecule has 6 rings (SSSR count). The third-order valence-corrected chi connectivity index (χ3v) is 6.14. The van der Waals surface area contributed by atoms with Crippen LogP contribution in [0.2, 0.25) is 0 Å². The number of hydrogen-bond donors (Lipinski definition) is 0. The van der Waals surface area contributed by atoms with Gasteiger partial charge in [0.15, 0.2) is 5.78 Å². The second-order valence-corrected chi connectivity index (χ2v) is 8.22. The fourth-order valence-corrected chi connectivity index (χ4v) is 4.39. The van der Waals surface area contributed by atoms with E-state index in [1.54, 1.807) is 18.0 Å². The van der Waals surface area contributed by atoms with Crippen molar-refractivity contribution >= 4 is 22.8 Å². The first-order chi connectivity index (χ1) is 16.7. The normalized spacial score (nSPS) is 14.0. The molecular weight excluding hydrogens is 424 g/mol. The first-order valence-electron chi connectivity index (χ1n) is 11.0. The standard InChI is InChI=1S/C28H20N4O2/c1-34-22-10-11-23-20(16-22)15-21(28(23)33)14-18-6-8-19(9-7-18)26-17-32(31-30-26)27-12-13-29-25-5-3-2-4-24(25)27/h2-14,16-17H,15H2,1H3/b21-14+. The van der Waals surface area contributed by atoms with Crippen molar-refractivity contribution in [3.05, 3.63) is 107 Å². The second-order valence-electron chi connectivity index (χ2n) is 8.22. The third-order valence-electron chi connectivity index (χ3n) is 6.14. The van der Waals surface area contributed by atoms with Gasteiger partial charge in [0.1, 0.15) is 11.4 Å². The number of fused-ring (bicyclic) bond motifs is 2. The lowest BCUT2D eigenvalue weighted by molar-refractivity contribution is 0.104. The van der Waals surface area contributed by atoms with Crippen LogP contribution in [0.25, 0.3) is 33.9 Å². The number of ketones is 1. The third kappa shape index (κ3) is 3.46. The van der Waals surface area contributed by atoms with E-state index in [1.807, 2.05) is 85.1 Å². The highest BCUT2D eigenvalue weighted by Gasteiger charge is 2.25. The van der Waals surface area contributed by atoms with Crippen molar-refractivity contribution in [1.82, 2.24) is 20.0 Å². The Morgan fingerprint density at radius 2 is 1.85 bits per heavy atom. The summed E-state index contributed by atoms with van der Waals surface area (Å²) >= 11 is 0. The first-order valence-corrected chi connectivity index (χ1v) is 11.0. The van der Waals surface area contributed by atoms with Gasteiger partial charge in [-0.2, -0.15) is 0 Å². The van der Waals surface area contributed by atoms with Gasteiger partial charge in [-0.3, -0.25) is 9.78 Å². The Morgan fingerprint density at radius 3 is 2.71 bits per heavy atom. The molecule has 0 saturated carbocycles. The number of aromatic nitrogens is 4. The van der Waals surface area contributed by atoms with Crippen LogP contribution >= 0.6 is 0 Å². The largest absolute Gasteiger partial charge is 0.497 e. The summed E-state index contributed by atoms with van der Waals surface area (Å²) < 4.78 is 7.06. The molecule has 2 aromatic heterocycles.